The first-order valence-electron chi connectivity index (χ1n) is 6.66. The third-order valence-corrected chi connectivity index (χ3v) is 4.61. The van der Waals surface area contributed by atoms with E-state index in [0.29, 0.717) is 0 Å². The molecule has 0 unspecified atom stereocenters. The minimum Gasteiger partial charge on any atom is -0.462 e. The fraction of sp³-hybridized carbons (Fsp3) is 0.312. The van der Waals surface area contributed by atoms with Crippen molar-refractivity contribution < 1.29 is 17.9 Å². The molecule has 0 aromatic heterocycles. The number of hydrogen-bond donors (Lipinski definition) is 0. The number of esters is 1. The van der Waals surface area contributed by atoms with Crippen LogP contribution < -0.4 is 0 Å². The lowest BCUT2D eigenvalue weighted by atomic mass is 10.2. The Hall–Kier alpha value is -2.10. The topological polar surface area (TPSA) is 63.7 Å². The van der Waals surface area contributed by atoms with Gasteiger partial charge in [-0.3, -0.25) is 4.79 Å². The van der Waals surface area contributed by atoms with E-state index in [0.717, 1.165) is 5.56 Å². The summed E-state index contributed by atoms with van der Waals surface area (Å²) in [6.45, 7) is 3.37. The van der Waals surface area contributed by atoms with E-state index in [1.807, 2.05) is 6.92 Å². The lowest BCUT2D eigenvalue weighted by Crippen LogP contribution is -2.31. The van der Waals surface area contributed by atoms with E-state index in [-0.39, 0.29) is 24.6 Å². The summed E-state index contributed by atoms with van der Waals surface area (Å²) >= 11 is 0. The molecule has 1 aromatic carbocycles. The van der Waals surface area contributed by atoms with E-state index in [4.69, 9.17) is 11.2 Å². The molecule has 0 aliphatic rings. The van der Waals surface area contributed by atoms with Gasteiger partial charge in [0.1, 0.15) is 6.61 Å². The van der Waals surface area contributed by atoms with Crippen LogP contribution in [-0.4, -0.2) is 38.4 Å². The summed E-state index contributed by atoms with van der Waals surface area (Å²) in [5.74, 6) is 1.95. The molecule has 0 N–H and O–H groups in total. The van der Waals surface area contributed by atoms with Gasteiger partial charge in [0.15, 0.2) is 0 Å². The number of hydrogen-bond acceptors (Lipinski definition) is 4. The van der Waals surface area contributed by atoms with Crippen molar-refractivity contribution in [3.63, 3.8) is 0 Å². The van der Waals surface area contributed by atoms with Crippen LogP contribution in [0.25, 0.3) is 0 Å². The minimum absolute atomic E-state index is 0.0336. The second kappa shape index (κ2) is 8.37. The molecule has 0 saturated carbocycles. The fourth-order valence-electron chi connectivity index (χ4n) is 1.63. The van der Waals surface area contributed by atoms with Crippen molar-refractivity contribution in [1.29, 1.82) is 0 Å². The van der Waals surface area contributed by atoms with Gasteiger partial charge in [0.25, 0.3) is 0 Å². The van der Waals surface area contributed by atoms with Crippen molar-refractivity contribution >= 4 is 16.0 Å². The summed E-state index contributed by atoms with van der Waals surface area (Å²) in [7, 11) is -3.65. The minimum atomic E-state index is -3.65. The Morgan fingerprint density at radius 3 is 2.50 bits per heavy atom. The molecule has 1 rings (SSSR count). The quantitative estimate of drug-likeness (QED) is 0.436. The Bertz CT molecular complexity index is 669. The molecule has 0 bridgehead atoms. The summed E-state index contributed by atoms with van der Waals surface area (Å²) in [6.07, 6.45) is 8.43. The molecule has 0 spiro atoms. The first-order chi connectivity index (χ1) is 10.4. The highest BCUT2D eigenvalue weighted by atomic mass is 32.2. The van der Waals surface area contributed by atoms with Crippen molar-refractivity contribution in [2.75, 3.05) is 19.7 Å². The van der Waals surface area contributed by atoms with E-state index in [1.165, 1.54) is 11.2 Å². The van der Waals surface area contributed by atoms with Crippen LogP contribution in [-0.2, 0) is 19.6 Å². The largest absolute Gasteiger partial charge is 0.462 e. The number of benzene rings is 1. The van der Waals surface area contributed by atoms with E-state index in [2.05, 4.69) is 5.92 Å². The molecule has 6 heteroatoms. The molecule has 5 nitrogen and oxygen atoms in total. The zero-order valence-electron chi connectivity index (χ0n) is 12.7. The zero-order valence-corrected chi connectivity index (χ0v) is 13.5. The van der Waals surface area contributed by atoms with Gasteiger partial charge in [0, 0.05) is 13.5 Å². The highest BCUT2D eigenvalue weighted by Crippen LogP contribution is 2.16. The molecule has 22 heavy (non-hydrogen) atoms. The molecule has 118 valence electrons. The Balaban J connectivity index is 2.83. The number of terminal acetylenes is 1. The predicted octanol–water partition coefficient (Wildman–Crippen LogP) is 1.74. The SMILES string of the molecule is C#CCN(C/C=C\COC(C)=O)S(=O)(=O)c1ccc(C)cc1. The smallest absolute Gasteiger partial charge is 0.302 e. The van der Waals surface area contributed by atoms with Gasteiger partial charge in [0.05, 0.1) is 11.4 Å². The molecule has 0 aliphatic heterocycles. The van der Waals surface area contributed by atoms with Gasteiger partial charge >= 0.3 is 5.97 Å². The number of rotatable bonds is 7. The first-order valence-corrected chi connectivity index (χ1v) is 8.10. The van der Waals surface area contributed by atoms with Gasteiger partial charge in [-0.25, -0.2) is 8.42 Å². The maximum atomic E-state index is 12.5. The highest BCUT2D eigenvalue weighted by Gasteiger charge is 2.22. The average molecular weight is 321 g/mol. The Morgan fingerprint density at radius 1 is 1.32 bits per heavy atom. The number of carbonyl (C=O) groups excluding carboxylic acids is 1. The van der Waals surface area contributed by atoms with Crippen molar-refractivity contribution in [3.8, 4) is 12.3 Å². The summed E-state index contributed by atoms with van der Waals surface area (Å²) in [6, 6.07) is 6.57. The van der Waals surface area contributed by atoms with E-state index in [9.17, 15) is 13.2 Å². The second-order valence-electron chi connectivity index (χ2n) is 4.59. The van der Waals surface area contributed by atoms with Gasteiger partial charge in [-0.2, -0.15) is 4.31 Å². The van der Waals surface area contributed by atoms with Gasteiger partial charge < -0.3 is 4.74 Å². The van der Waals surface area contributed by atoms with Crippen molar-refractivity contribution in [2.45, 2.75) is 18.7 Å². The van der Waals surface area contributed by atoms with Crippen LogP contribution in [0.5, 0.6) is 0 Å². The van der Waals surface area contributed by atoms with E-state index >= 15 is 0 Å². The maximum absolute atomic E-state index is 12.5. The average Bonchev–Trinajstić information content (AvgIpc) is 2.46. The zero-order chi connectivity index (χ0) is 16.6. The number of carbonyl (C=O) groups is 1. The fourth-order valence-corrected chi connectivity index (χ4v) is 2.94. The first kappa shape index (κ1) is 18.0. The third-order valence-electron chi connectivity index (χ3n) is 2.78. The Labute approximate surface area is 131 Å². The van der Waals surface area contributed by atoms with Crippen LogP contribution in [0.1, 0.15) is 12.5 Å². The maximum Gasteiger partial charge on any atom is 0.302 e. The molecule has 0 heterocycles. The van der Waals surface area contributed by atoms with Crippen molar-refractivity contribution in [2.24, 2.45) is 0 Å². The number of nitrogens with zero attached hydrogens (tertiary/aromatic N) is 1. The molecule has 0 fully saturated rings. The Morgan fingerprint density at radius 2 is 1.95 bits per heavy atom. The van der Waals surface area contributed by atoms with Gasteiger partial charge in [-0.15, -0.1) is 6.42 Å². The summed E-state index contributed by atoms with van der Waals surface area (Å²) in [4.78, 5) is 10.8. The highest BCUT2D eigenvalue weighted by molar-refractivity contribution is 7.89. The number of ether oxygens (including phenoxy) is 1. The standard InChI is InChI=1S/C16H19NO4S/c1-4-11-17(12-5-6-13-21-15(3)18)22(19,20)16-9-7-14(2)8-10-16/h1,5-10H,11-13H2,2-3H3/b6-5-. The molecule has 0 amide bonds. The van der Waals surface area contributed by atoms with Crippen LogP contribution in [0.4, 0.5) is 0 Å². The number of sulfonamides is 1. The molecule has 0 saturated heterocycles. The lowest BCUT2D eigenvalue weighted by Gasteiger charge is -2.18. The van der Waals surface area contributed by atoms with Crippen LogP contribution >= 0.6 is 0 Å². The van der Waals surface area contributed by atoms with Gasteiger partial charge in [-0.1, -0.05) is 29.7 Å². The summed E-state index contributed by atoms with van der Waals surface area (Å²) < 4.78 is 30.9. The van der Waals surface area contributed by atoms with E-state index < -0.39 is 16.0 Å². The van der Waals surface area contributed by atoms with Gasteiger partial charge in [-0.05, 0) is 25.1 Å². The summed E-state index contributed by atoms with van der Waals surface area (Å²) in [5, 5.41) is 0. The normalized spacial score (nSPS) is 11.5. The van der Waals surface area contributed by atoms with Crippen molar-refractivity contribution in [1.82, 2.24) is 4.31 Å². The van der Waals surface area contributed by atoms with Crippen molar-refractivity contribution in [3.05, 3.63) is 42.0 Å². The summed E-state index contributed by atoms with van der Waals surface area (Å²) in [5.41, 5.74) is 0.976. The monoisotopic (exact) mass is 321 g/mol. The van der Waals surface area contributed by atoms with E-state index in [1.54, 1.807) is 36.4 Å². The second-order valence-corrected chi connectivity index (χ2v) is 6.53. The molecular weight excluding hydrogens is 302 g/mol. The molecule has 0 aliphatic carbocycles. The molecule has 0 radical (unpaired) electrons. The van der Waals surface area contributed by atoms with Gasteiger partial charge in [0.2, 0.25) is 10.0 Å². The van der Waals surface area contributed by atoms with Crippen LogP contribution in [0.3, 0.4) is 0 Å². The molecule has 1 aromatic rings. The molecule has 0 atom stereocenters. The lowest BCUT2D eigenvalue weighted by molar-refractivity contribution is -0.139. The Kier molecular flexibility index (Phi) is 6.83. The molecular formula is C16H19NO4S. The predicted molar refractivity (Wildman–Crippen MR) is 84.5 cm³/mol. The third kappa shape index (κ3) is 5.35. The number of aryl methyl sites for hydroxylation is 1. The van der Waals surface area contributed by atoms with Crippen LogP contribution in [0, 0.1) is 19.3 Å². The van der Waals surface area contributed by atoms with Crippen LogP contribution in [0.15, 0.2) is 41.3 Å². The van der Waals surface area contributed by atoms with Crippen LogP contribution in [0.2, 0.25) is 0 Å².